The van der Waals surface area contributed by atoms with Crippen molar-refractivity contribution in [3.8, 4) is 5.75 Å². The molecule has 0 aromatic heterocycles. The molecule has 3 aromatic carbocycles. The largest absolute Gasteiger partial charge is 0.497 e. The van der Waals surface area contributed by atoms with E-state index < -0.39 is 10.0 Å². The van der Waals surface area contributed by atoms with Crippen LogP contribution in [0, 0.1) is 19.8 Å². The van der Waals surface area contributed by atoms with E-state index in [2.05, 4.69) is 34.3 Å². The summed E-state index contributed by atoms with van der Waals surface area (Å²) in [5, 5.41) is 3.67. The second kappa shape index (κ2) is 8.27. The molecule has 1 aliphatic heterocycles. The van der Waals surface area contributed by atoms with Crippen LogP contribution in [0.3, 0.4) is 0 Å². The summed E-state index contributed by atoms with van der Waals surface area (Å²) in [7, 11) is -2.03. The van der Waals surface area contributed by atoms with Gasteiger partial charge >= 0.3 is 0 Å². The predicted octanol–water partition coefficient (Wildman–Crippen LogP) is 5.94. The average molecular weight is 461 g/mol. The summed E-state index contributed by atoms with van der Waals surface area (Å²) in [5.41, 5.74) is 5.97. The van der Waals surface area contributed by atoms with Crippen LogP contribution < -0.4 is 14.8 Å². The molecule has 2 N–H and O–H groups in total. The maximum atomic E-state index is 13.2. The van der Waals surface area contributed by atoms with Crippen molar-refractivity contribution >= 4 is 21.4 Å². The van der Waals surface area contributed by atoms with Crippen molar-refractivity contribution in [2.24, 2.45) is 5.92 Å². The molecule has 0 bridgehead atoms. The van der Waals surface area contributed by atoms with Crippen LogP contribution in [-0.2, 0) is 10.0 Å². The third-order valence-electron chi connectivity index (χ3n) is 6.88. The summed E-state index contributed by atoms with van der Waals surface area (Å²) in [6, 6.07) is 19.3. The van der Waals surface area contributed by atoms with Crippen LogP contribution in [0.5, 0.6) is 5.75 Å². The van der Waals surface area contributed by atoms with Crippen LogP contribution in [0.25, 0.3) is 0 Å². The first-order valence-electron chi connectivity index (χ1n) is 11.2. The molecule has 6 heteroatoms. The molecule has 0 fully saturated rings. The lowest BCUT2D eigenvalue weighted by atomic mass is 9.77. The lowest BCUT2D eigenvalue weighted by molar-refractivity contribution is 0.411. The van der Waals surface area contributed by atoms with E-state index >= 15 is 0 Å². The monoisotopic (exact) mass is 460 g/mol. The quantitative estimate of drug-likeness (QED) is 0.463. The summed E-state index contributed by atoms with van der Waals surface area (Å²) >= 11 is 0. The Labute approximate surface area is 195 Å². The first kappa shape index (κ1) is 21.6. The highest BCUT2D eigenvalue weighted by atomic mass is 32.2. The molecule has 0 unspecified atom stereocenters. The minimum absolute atomic E-state index is 0.152. The number of nitrogens with one attached hydrogen (secondary N) is 2. The van der Waals surface area contributed by atoms with E-state index in [1.165, 1.54) is 5.56 Å². The molecule has 170 valence electrons. The van der Waals surface area contributed by atoms with Crippen molar-refractivity contribution in [1.82, 2.24) is 0 Å². The Kier molecular flexibility index (Phi) is 5.41. The predicted molar refractivity (Wildman–Crippen MR) is 133 cm³/mol. The van der Waals surface area contributed by atoms with E-state index in [1.54, 1.807) is 19.2 Å². The zero-order valence-corrected chi connectivity index (χ0v) is 19.8. The Morgan fingerprint density at radius 2 is 1.76 bits per heavy atom. The number of sulfonamides is 1. The SMILES string of the molecule is COc1ccc([C@H]2Nc3ccc(S(=O)(=O)Nc4ccc(C)c(C)c4)cc3[C@H]3C=CC[C@H]32)cc1. The smallest absolute Gasteiger partial charge is 0.261 e. The average Bonchev–Trinajstić information content (AvgIpc) is 3.31. The Balaban J connectivity index is 1.46. The molecule has 1 aliphatic carbocycles. The highest BCUT2D eigenvalue weighted by Crippen LogP contribution is 2.50. The Hall–Kier alpha value is -3.25. The van der Waals surface area contributed by atoms with Crippen molar-refractivity contribution in [2.45, 2.75) is 37.1 Å². The molecule has 3 aromatic rings. The molecule has 0 amide bonds. The number of anilines is 2. The summed E-state index contributed by atoms with van der Waals surface area (Å²) in [6.45, 7) is 3.98. The maximum absolute atomic E-state index is 13.2. The summed E-state index contributed by atoms with van der Waals surface area (Å²) < 4.78 is 34.4. The van der Waals surface area contributed by atoms with E-state index in [0.717, 1.165) is 34.5 Å². The van der Waals surface area contributed by atoms with Gasteiger partial charge in [-0.2, -0.15) is 0 Å². The van der Waals surface area contributed by atoms with E-state index in [1.807, 2.05) is 50.2 Å². The zero-order valence-electron chi connectivity index (χ0n) is 19.0. The second-order valence-corrected chi connectivity index (χ2v) is 10.6. The lowest BCUT2D eigenvalue weighted by Crippen LogP contribution is -2.29. The molecular formula is C27H28N2O3S. The van der Waals surface area contributed by atoms with Crippen molar-refractivity contribution < 1.29 is 13.2 Å². The van der Waals surface area contributed by atoms with Gasteiger partial charge in [0.05, 0.1) is 18.0 Å². The highest BCUT2D eigenvalue weighted by molar-refractivity contribution is 7.92. The molecule has 1 heterocycles. The van der Waals surface area contributed by atoms with E-state index in [0.29, 0.717) is 11.6 Å². The van der Waals surface area contributed by atoms with E-state index in [-0.39, 0.29) is 16.9 Å². The van der Waals surface area contributed by atoms with Crippen LogP contribution >= 0.6 is 0 Å². The normalized spacial score (nSPS) is 21.1. The highest BCUT2D eigenvalue weighted by Gasteiger charge is 2.38. The third kappa shape index (κ3) is 4.00. The van der Waals surface area contributed by atoms with Gasteiger partial charge in [0.15, 0.2) is 0 Å². The molecule has 0 saturated heterocycles. The number of hydrogen-bond acceptors (Lipinski definition) is 4. The lowest BCUT2D eigenvalue weighted by Gasteiger charge is -2.37. The van der Waals surface area contributed by atoms with Crippen molar-refractivity contribution in [1.29, 1.82) is 0 Å². The van der Waals surface area contributed by atoms with E-state index in [4.69, 9.17) is 4.74 Å². The number of allylic oxidation sites excluding steroid dienone is 2. The first-order chi connectivity index (χ1) is 15.9. The number of methoxy groups -OCH3 is 1. The Bertz CT molecular complexity index is 1330. The van der Waals surface area contributed by atoms with Crippen molar-refractivity contribution in [3.05, 3.63) is 95.1 Å². The van der Waals surface area contributed by atoms with Gasteiger partial charge in [0, 0.05) is 17.3 Å². The molecule has 5 rings (SSSR count). The van der Waals surface area contributed by atoms with Crippen molar-refractivity contribution in [2.75, 3.05) is 17.1 Å². The number of ether oxygens (including phenoxy) is 1. The zero-order chi connectivity index (χ0) is 23.2. The van der Waals surface area contributed by atoms with Gasteiger partial charge < -0.3 is 10.1 Å². The van der Waals surface area contributed by atoms with Gasteiger partial charge in [-0.25, -0.2) is 8.42 Å². The topological polar surface area (TPSA) is 67.4 Å². The van der Waals surface area contributed by atoms with Gasteiger partial charge in [0.2, 0.25) is 0 Å². The van der Waals surface area contributed by atoms with Gasteiger partial charge in [0.1, 0.15) is 5.75 Å². The minimum atomic E-state index is -3.69. The van der Waals surface area contributed by atoms with Gasteiger partial charge in [-0.15, -0.1) is 0 Å². The number of benzene rings is 3. The molecule has 3 atom stereocenters. The van der Waals surface area contributed by atoms with Crippen LogP contribution in [0.15, 0.2) is 77.7 Å². The molecule has 0 radical (unpaired) electrons. The van der Waals surface area contributed by atoms with Gasteiger partial charge in [0.25, 0.3) is 10.0 Å². The summed E-state index contributed by atoms with van der Waals surface area (Å²) in [4.78, 5) is 0.281. The fraction of sp³-hybridized carbons (Fsp3) is 0.259. The number of hydrogen-bond donors (Lipinski definition) is 2. The maximum Gasteiger partial charge on any atom is 0.261 e. The molecule has 0 spiro atoms. The van der Waals surface area contributed by atoms with Crippen LogP contribution in [0.2, 0.25) is 0 Å². The molecule has 0 saturated carbocycles. The standard InChI is InChI=1S/C27H28N2O3S/c1-17-7-10-20(15-18(17)2)29-33(30,31)22-13-14-26-25(16-22)23-5-4-6-24(23)27(28-26)19-8-11-21(32-3)12-9-19/h4-5,7-16,23-24,27-29H,6H2,1-3H3/t23-,24+,27+/m0/s1. The second-order valence-electron chi connectivity index (χ2n) is 8.90. The third-order valence-corrected chi connectivity index (χ3v) is 8.26. The molecule has 5 nitrogen and oxygen atoms in total. The van der Waals surface area contributed by atoms with Crippen molar-refractivity contribution in [3.63, 3.8) is 0 Å². The van der Waals surface area contributed by atoms with E-state index in [9.17, 15) is 8.42 Å². The summed E-state index contributed by atoms with van der Waals surface area (Å²) in [5.74, 6) is 1.34. The molecule has 2 aliphatic rings. The molecule has 33 heavy (non-hydrogen) atoms. The first-order valence-corrected chi connectivity index (χ1v) is 12.7. The number of aryl methyl sites for hydroxylation is 2. The minimum Gasteiger partial charge on any atom is -0.497 e. The van der Waals surface area contributed by atoms with Gasteiger partial charge in [-0.1, -0.05) is 30.4 Å². The Morgan fingerprint density at radius 1 is 0.970 bits per heavy atom. The van der Waals surface area contributed by atoms with Gasteiger partial charge in [-0.3, -0.25) is 4.72 Å². The van der Waals surface area contributed by atoms with Crippen LogP contribution in [0.1, 0.15) is 40.6 Å². The van der Waals surface area contributed by atoms with Crippen LogP contribution in [-0.4, -0.2) is 15.5 Å². The van der Waals surface area contributed by atoms with Gasteiger partial charge in [-0.05, 0) is 90.9 Å². The van der Waals surface area contributed by atoms with Crippen LogP contribution in [0.4, 0.5) is 11.4 Å². The fourth-order valence-electron chi connectivity index (χ4n) is 4.90. The number of rotatable bonds is 5. The molecular weight excluding hydrogens is 432 g/mol. The number of fused-ring (bicyclic) bond motifs is 3. The Morgan fingerprint density at radius 3 is 2.48 bits per heavy atom. The summed E-state index contributed by atoms with van der Waals surface area (Å²) in [6.07, 6.45) is 5.37. The fourth-order valence-corrected chi connectivity index (χ4v) is 5.98.